The number of aryl methyl sites for hydroxylation is 1. The summed E-state index contributed by atoms with van der Waals surface area (Å²) in [5.41, 5.74) is 1.29. The van der Waals surface area contributed by atoms with Gasteiger partial charge in [-0.1, -0.05) is 43.7 Å². The van der Waals surface area contributed by atoms with E-state index in [9.17, 15) is 17.6 Å². The zero-order valence-corrected chi connectivity index (χ0v) is 16.9. The van der Waals surface area contributed by atoms with Crippen molar-refractivity contribution in [3.63, 3.8) is 0 Å². The molecule has 0 spiro atoms. The summed E-state index contributed by atoms with van der Waals surface area (Å²) in [5.74, 6) is -1.06. The van der Waals surface area contributed by atoms with Gasteiger partial charge in [0.15, 0.2) is 11.5 Å². The molecule has 0 radical (unpaired) electrons. The van der Waals surface area contributed by atoms with E-state index in [1.807, 2.05) is 12.1 Å². The summed E-state index contributed by atoms with van der Waals surface area (Å²) in [4.78, 5) is 0. The van der Waals surface area contributed by atoms with E-state index in [4.69, 9.17) is 14.2 Å². The third-order valence-electron chi connectivity index (χ3n) is 4.85. The van der Waals surface area contributed by atoms with Crippen LogP contribution < -0.4 is 14.2 Å². The molecule has 0 N–H and O–H groups in total. The molecule has 3 aromatic carbocycles. The lowest BCUT2D eigenvalue weighted by atomic mass is 10.0. The van der Waals surface area contributed by atoms with Crippen molar-refractivity contribution in [2.45, 2.75) is 38.8 Å². The Morgan fingerprint density at radius 1 is 0.935 bits per heavy atom. The Balaban J connectivity index is 1.54. The van der Waals surface area contributed by atoms with E-state index in [2.05, 4.69) is 6.92 Å². The van der Waals surface area contributed by atoms with Gasteiger partial charge in [0.1, 0.15) is 11.6 Å². The fourth-order valence-electron chi connectivity index (χ4n) is 3.41. The minimum absolute atomic E-state index is 0.0636. The molecule has 7 heteroatoms. The molecule has 0 fully saturated rings. The first-order chi connectivity index (χ1) is 14.7. The molecule has 1 atom stereocenters. The van der Waals surface area contributed by atoms with Crippen molar-refractivity contribution in [2.24, 2.45) is 0 Å². The topological polar surface area (TPSA) is 27.7 Å². The second-order valence-corrected chi connectivity index (χ2v) is 7.41. The maximum atomic E-state index is 14.7. The number of hydrogen-bond acceptors (Lipinski definition) is 3. The van der Waals surface area contributed by atoms with Gasteiger partial charge in [-0.15, -0.1) is 0 Å². The van der Waals surface area contributed by atoms with Gasteiger partial charge in [-0.2, -0.15) is 13.2 Å². The highest BCUT2D eigenvalue weighted by molar-refractivity contribution is 5.65. The lowest BCUT2D eigenvalue weighted by Gasteiger charge is -2.19. The second-order valence-electron chi connectivity index (χ2n) is 7.41. The van der Waals surface area contributed by atoms with Gasteiger partial charge in [-0.05, 0) is 41.8 Å². The minimum Gasteiger partial charge on any atom is -0.429 e. The van der Waals surface area contributed by atoms with Gasteiger partial charge < -0.3 is 14.2 Å². The number of fused-ring (bicyclic) bond motifs is 1. The first-order valence-corrected chi connectivity index (χ1v) is 9.84. The predicted molar refractivity (Wildman–Crippen MR) is 108 cm³/mol. The van der Waals surface area contributed by atoms with Gasteiger partial charge in [0.2, 0.25) is 0 Å². The maximum Gasteiger partial charge on any atom is 0.426 e. The highest BCUT2D eigenvalue weighted by Gasteiger charge is 2.39. The van der Waals surface area contributed by atoms with E-state index in [1.165, 1.54) is 18.2 Å². The van der Waals surface area contributed by atoms with Gasteiger partial charge in [0.25, 0.3) is 0 Å². The van der Waals surface area contributed by atoms with Crippen LogP contribution in [0.25, 0.3) is 11.1 Å². The van der Waals surface area contributed by atoms with Crippen LogP contribution in [0.3, 0.4) is 0 Å². The first-order valence-electron chi connectivity index (χ1n) is 9.84. The fourth-order valence-corrected chi connectivity index (χ4v) is 3.41. The summed E-state index contributed by atoms with van der Waals surface area (Å²) in [6.07, 6.45) is -1.92. The smallest absolute Gasteiger partial charge is 0.426 e. The molecule has 0 saturated heterocycles. The fraction of sp³-hybridized carbons (Fsp3) is 0.250. The normalized spacial score (nSPS) is 17.6. The Hall–Kier alpha value is -3.22. The predicted octanol–water partition coefficient (Wildman–Crippen LogP) is 6.99. The Labute approximate surface area is 177 Å². The van der Waals surface area contributed by atoms with E-state index >= 15 is 0 Å². The lowest BCUT2D eigenvalue weighted by Crippen LogP contribution is -2.27. The molecule has 162 valence electrons. The molecular formula is C24H20F4O3. The van der Waals surface area contributed by atoms with Crippen molar-refractivity contribution in [3.05, 3.63) is 77.6 Å². The average molecular weight is 432 g/mol. The summed E-state index contributed by atoms with van der Waals surface area (Å²) < 4.78 is 72.3. The third-order valence-corrected chi connectivity index (χ3v) is 4.85. The Bertz CT molecular complexity index is 1090. The van der Waals surface area contributed by atoms with E-state index < -0.39 is 23.5 Å². The standard InChI is InChI=1S/C24H20F4O3/c1-3-4-15-5-7-16(8-6-15)19-11-9-17(13-20(19)25)24(27,28)29-18-10-12-21-22(14-18)31-23(2,26)30-21/h5-14H,3-4H2,1-2H3. The number of halogens is 4. The maximum absolute atomic E-state index is 14.7. The van der Waals surface area contributed by atoms with Gasteiger partial charge in [-0.25, -0.2) is 4.39 Å². The summed E-state index contributed by atoms with van der Waals surface area (Å²) >= 11 is 0. The van der Waals surface area contributed by atoms with Crippen LogP contribution in [0.15, 0.2) is 60.7 Å². The lowest BCUT2D eigenvalue weighted by molar-refractivity contribution is -0.185. The Kier molecular flexibility index (Phi) is 5.29. The molecule has 31 heavy (non-hydrogen) atoms. The van der Waals surface area contributed by atoms with Crippen LogP contribution in [-0.2, 0) is 12.5 Å². The van der Waals surface area contributed by atoms with Gasteiger partial charge >= 0.3 is 12.1 Å². The Morgan fingerprint density at radius 2 is 1.65 bits per heavy atom. The summed E-state index contributed by atoms with van der Waals surface area (Å²) in [6.45, 7) is 3.11. The largest absolute Gasteiger partial charge is 0.429 e. The SMILES string of the molecule is CCCc1ccc(-c2ccc(C(F)(F)Oc3ccc4c(c3)OC(C)(F)O4)cc2F)cc1. The van der Waals surface area contributed by atoms with Gasteiger partial charge in [0.05, 0.1) is 5.56 Å². The number of ether oxygens (including phenoxy) is 3. The molecule has 0 aromatic heterocycles. The number of hydrogen-bond donors (Lipinski definition) is 0. The van der Waals surface area contributed by atoms with Crippen molar-refractivity contribution in [3.8, 4) is 28.4 Å². The highest BCUT2D eigenvalue weighted by Crippen LogP contribution is 2.43. The van der Waals surface area contributed by atoms with Crippen LogP contribution in [0.2, 0.25) is 0 Å². The molecule has 1 aliphatic rings. The van der Waals surface area contributed by atoms with Crippen molar-refractivity contribution in [1.29, 1.82) is 0 Å². The van der Waals surface area contributed by atoms with Gasteiger partial charge in [-0.3, -0.25) is 0 Å². The number of alkyl halides is 3. The Morgan fingerprint density at radius 3 is 2.32 bits per heavy atom. The summed E-state index contributed by atoms with van der Waals surface area (Å²) in [5, 5.41) is 0. The van der Waals surface area contributed by atoms with E-state index in [0.717, 1.165) is 43.5 Å². The zero-order valence-electron chi connectivity index (χ0n) is 16.9. The highest BCUT2D eigenvalue weighted by atomic mass is 19.3. The summed E-state index contributed by atoms with van der Waals surface area (Å²) in [6, 6.07) is 11.7. The molecule has 1 unspecified atom stereocenters. The van der Waals surface area contributed by atoms with Crippen LogP contribution in [-0.4, -0.2) is 6.04 Å². The minimum atomic E-state index is -3.82. The molecule has 4 rings (SSSR count). The second kappa shape index (κ2) is 7.80. The third kappa shape index (κ3) is 4.45. The molecule has 0 aliphatic carbocycles. The average Bonchev–Trinajstić information content (AvgIpc) is 3.01. The molecule has 0 amide bonds. The first kappa shape index (κ1) is 21.0. The molecule has 1 heterocycles. The molecule has 3 aromatic rings. The van der Waals surface area contributed by atoms with E-state index in [-0.39, 0.29) is 22.8 Å². The van der Waals surface area contributed by atoms with Crippen molar-refractivity contribution < 1.29 is 31.8 Å². The number of rotatable bonds is 6. The molecule has 1 aliphatic heterocycles. The van der Waals surface area contributed by atoms with Gasteiger partial charge in [0, 0.05) is 18.6 Å². The molecular weight excluding hydrogens is 412 g/mol. The van der Waals surface area contributed by atoms with E-state index in [1.54, 1.807) is 12.1 Å². The molecule has 0 saturated carbocycles. The van der Waals surface area contributed by atoms with Crippen LogP contribution >= 0.6 is 0 Å². The quantitative estimate of drug-likeness (QED) is 0.393. The monoisotopic (exact) mass is 432 g/mol. The summed E-state index contributed by atoms with van der Waals surface area (Å²) in [7, 11) is 0. The van der Waals surface area contributed by atoms with Crippen LogP contribution in [0, 0.1) is 5.82 Å². The number of benzene rings is 3. The molecule has 3 nitrogen and oxygen atoms in total. The zero-order chi connectivity index (χ0) is 22.2. The van der Waals surface area contributed by atoms with Crippen LogP contribution in [0.1, 0.15) is 31.4 Å². The van der Waals surface area contributed by atoms with Crippen LogP contribution in [0.4, 0.5) is 17.6 Å². The van der Waals surface area contributed by atoms with Crippen LogP contribution in [0.5, 0.6) is 17.2 Å². The van der Waals surface area contributed by atoms with Crippen molar-refractivity contribution in [2.75, 3.05) is 0 Å². The van der Waals surface area contributed by atoms with Crippen molar-refractivity contribution in [1.82, 2.24) is 0 Å². The molecule has 0 bridgehead atoms. The van der Waals surface area contributed by atoms with E-state index in [0.29, 0.717) is 5.56 Å². The van der Waals surface area contributed by atoms with Crippen molar-refractivity contribution >= 4 is 0 Å².